The minimum Gasteiger partial charge on any atom is -0.439 e. The topological polar surface area (TPSA) is 50.3 Å². The van der Waals surface area contributed by atoms with Crippen LogP contribution in [0.2, 0.25) is 0 Å². The van der Waals surface area contributed by atoms with Gasteiger partial charge in [0.2, 0.25) is 11.8 Å². The number of ether oxygens (including phenoxy) is 1. The summed E-state index contributed by atoms with van der Waals surface area (Å²) in [5.74, 6) is -0.342. The van der Waals surface area contributed by atoms with Crippen LogP contribution >= 0.6 is 0 Å². The van der Waals surface area contributed by atoms with E-state index in [-0.39, 0.29) is 23.1 Å². The molecule has 0 aliphatic carbocycles. The molecule has 0 atom stereocenters. The van der Waals surface area contributed by atoms with Crippen LogP contribution in [0.4, 0.5) is 23.5 Å². The molecule has 1 aromatic heterocycles. The Kier molecular flexibility index (Phi) is 6.50. The number of hydrogen-bond donors (Lipinski definition) is 1. The summed E-state index contributed by atoms with van der Waals surface area (Å²) in [6.07, 6.45) is -3.00. The van der Waals surface area contributed by atoms with Gasteiger partial charge in [0.1, 0.15) is 11.6 Å². The summed E-state index contributed by atoms with van der Waals surface area (Å²) in [4.78, 5) is 9.62. The molecule has 1 fully saturated rings. The molecule has 2 aromatic rings. The van der Waals surface area contributed by atoms with Crippen molar-refractivity contribution in [3.63, 3.8) is 0 Å². The molecule has 0 radical (unpaired) electrons. The average molecular weight is 426 g/mol. The van der Waals surface area contributed by atoms with Crippen LogP contribution in [-0.2, 0) is 6.18 Å². The normalized spacial score (nSPS) is 16.0. The molecule has 164 valence electrons. The molecule has 1 saturated heterocycles. The van der Waals surface area contributed by atoms with Crippen molar-refractivity contribution in [2.45, 2.75) is 45.3 Å². The number of rotatable bonds is 5. The summed E-state index contributed by atoms with van der Waals surface area (Å²) in [6.45, 7) is 8.25. The molecule has 0 unspecified atom stereocenters. The Balaban J connectivity index is 1.76. The Hall–Kier alpha value is -2.42. The van der Waals surface area contributed by atoms with Gasteiger partial charge in [-0.2, -0.15) is 18.2 Å². The Labute approximate surface area is 173 Å². The second-order valence-electron chi connectivity index (χ2n) is 8.51. The number of nitrogens with one attached hydrogen (secondary N) is 1. The van der Waals surface area contributed by atoms with Gasteiger partial charge in [-0.25, -0.2) is 9.37 Å². The molecule has 0 spiro atoms. The van der Waals surface area contributed by atoms with Crippen LogP contribution < -0.4 is 15.0 Å². The number of piperidine rings is 1. The average Bonchev–Trinajstić information content (AvgIpc) is 2.65. The maximum absolute atomic E-state index is 13.4. The van der Waals surface area contributed by atoms with Gasteiger partial charge >= 0.3 is 6.18 Å². The standard InChI is InChI=1S/C21H26F4N4O/c1-20(2,3)26-13-14-7-9-29(10-8-14)19-27-17(21(23,24)25)12-18(28-19)30-16-6-4-5-15(22)11-16/h4-6,11-12,14,26H,7-10,13H2,1-3H3. The van der Waals surface area contributed by atoms with Crippen LogP contribution in [0.25, 0.3) is 0 Å². The van der Waals surface area contributed by atoms with E-state index >= 15 is 0 Å². The van der Waals surface area contributed by atoms with Crippen molar-refractivity contribution in [3.8, 4) is 11.6 Å². The van der Waals surface area contributed by atoms with E-state index in [0.29, 0.717) is 19.0 Å². The van der Waals surface area contributed by atoms with Crippen molar-refractivity contribution >= 4 is 5.95 Å². The van der Waals surface area contributed by atoms with Gasteiger partial charge in [-0.3, -0.25) is 0 Å². The predicted octanol–water partition coefficient (Wildman–Crippen LogP) is 5.03. The summed E-state index contributed by atoms with van der Waals surface area (Å²) >= 11 is 0. The van der Waals surface area contributed by atoms with E-state index in [2.05, 4.69) is 36.1 Å². The maximum atomic E-state index is 13.4. The minimum atomic E-state index is -4.65. The van der Waals surface area contributed by atoms with Gasteiger partial charge in [0.25, 0.3) is 0 Å². The van der Waals surface area contributed by atoms with Gasteiger partial charge in [-0.15, -0.1) is 0 Å². The number of aromatic nitrogens is 2. The zero-order valence-corrected chi connectivity index (χ0v) is 17.3. The van der Waals surface area contributed by atoms with E-state index in [1.54, 1.807) is 4.90 Å². The van der Waals surface area contributed by atoms with Crippen LogP contribution in [0, 0.1) is 11.7 Å². The highest BCUT2D eigenvalue weighted by molar-refractivity contribution is 5.38. The van der Waals surface area contributed by atoms with Crippen molar-refractivity contribution in [2.75, 3.05) is 24.5 Å². The summed E-state index contributed by atoms with van der Waals surface area (Å²) < 4.78 is 58.8. The Morgan fingerprint density at radius 3 is 2.40 bits per heavy atom. The Morgan fingerprint density at radius 2 is 1.80 bits per heavy atom. The van der Waals surface area contributed by atoms with E-state index in [1.165, 1.54) is 18.2 Å². The van der Waals surface area contributed by atoms with Gasteiger partial charge < -0.3 is 15.0 Å². The summed E-state index contributed by atoms with van der Waals surface area (Å²) in [5, 5.41) is 3.47. The lowest BCUT2D eigenvalue weighted by molar-refractivity contribution is -0.141. The zero-order valence-electron chi connectivity index (χ0n) is 17.3. The highest BCUT2D eigenvalue weighted by Gasteiger charge is 2.35. The Morgan fingerprint density at radius 1 is 1.10 bits per heavy atom. The number of halogens is 4. The highest BCUT2D eigenvalue weighted by Crippen LogP contribution is 2.33. The van der Waals surface area contributed by atoms with Gasteiger partial charge in [0.05, 0.1) is 0 Å². The second kappa shape index (κ2) is 8.75. The predicted molar refractivity (Wildman–Crippen MR) is 106 cm³/mol. The fraction of sp³-hybridized carbons (Fsp3) is 0.524. The monoisotopic (exact) mass is 426 g/mol. The quantitative estimate of drug-likeness (QED) is 0.680. The summed E-state index contributed by atoms with van der Waals surface area (Å²) in [5.41, 5.74) is -1.07. The van der Waals surface area contributed by atoms with Gasteiger partial charge in [0, 0.05) is 30.8 Å². The van der Waals surface area contributed by atoms with E-state index < -0.39 is 17.7 Å². The Bertz CT molecular complexity index is 859. The molecule has 1 aromatic carbocycles. The SMILES string of the molecule is CC(C)(C)NCC1CCN(c2nc(Oc3cccc(F)c3)cc(C(F)(F)F)n2)CC1. The smallest absolute Gasteiger partial charge is 0.433 e. The fourth-order valence-corrected chi connectivity index (χ4v) is 3.19. The lowest BCUT2D eigenvalue weighted by Gasteiger charge is -2.34. The minimum absolute atomic E-state index is 0.0183. The summed E-state index contributed by atoms with van der Waals surface area (Å²) in [6, 6.07) is 5.90. The largest absolute Gasteiger partial charge is 0.439 e. The number of hydrogen-bond acceptors (Lipinski definition) is 5. The van der Waals surface area contributed by atoms with Crippen LogP contribution in [0.15, 0.2) is 30.3 Å². The first-order valence-electron chi connectivity index (χ1n) is 9.89. The zero-order chi connectivity index (χ0) is 21.9. The molecule has 2 heterocycles. The van der Waals surface area contributed by atoms with Crippen molar-refractivity contribution in [3.05, 3.63) is 41.8 Å². The van der Waals surface area contributed by atoms with Gasteiger partial charge in [0.15, 0.2) is 5.69 Å². The van der Waals surface area contributed by atoms with Crippen molar-refractivity contribution in [1.82, 2.24) is 15.3 Å². The third-order valence-corrected chi connectivity index (χ3v) is 4.82. The van der Waals surface area contributed by atoms with Crippen LogP contribution in [0.3, 0.4) is 0 Å². The van der Waals surface area contributed by atoms with Gasteiger partial charge in [-0.1, -0.05) is 6.07 Å². The molecule has 30 heavy (non-hydrogen) atoms. The third-order valence-electron chi connectivity index (χ3n) is 4.82. The lowest BCUT2D eigenvalue weighted by Crippen LogP contribution is -2.43. The van der Waals surface area contributed by atoms with Crippen LogP contribution in [-0.4, -0.2) is 35.1 Å². The molecule has 0 bridgehead atoms. The van der Waals surface area contributed by atoms with Crippen molar-refractivity contribution < 1.29 is 22.3 Å². The molecule has 1 aliphatic rings. The van der Waals surface area contributed by atoms with E-state index in [9.17, 15) is 17.6 Å². The molecule has 3 rings (SSSR count). The number of alkyl halides is 3. The maximum Gasteiger partial charge on any atom is 0.433 e. The summed E-state index contributed by atoms with van der Waals surface area (Å²) in [7, 11) is 0. The lowest BCUT2D eigenvalue weighted by atomic mass is 9.95. The number of benzene rings is 1. The first kappa shape index (κ1) is 22.3. The molecule has 1 N–H and O–H groups in total. The molecular weight excluding hydrogens is 400 g/mol. The third kappa shape index (κ3) is 6.29. The molecule has 5 nitrogen and oxygen atoms in total. The molecule has 1 aliphatic heterocycles. The first-order chi connectivity index (χ1) is 14.0. The van der Waals surface area contributed by atoms with Crippen LogP contribution in [0.5, 0.6) is 11.6 Å². The highest BCUT2D eigenvalue weighted by atomic mass is 19.4. The van der Waals surface area contributed by atoms with Crippen molar-refractivity contribution in [2.24, 2.45) is 5.92 Å². The van der Waals surface area contributed by atoms with Crippen LogP contribution in [0.1, 0.15) is 39.3 Å². The second-order valence-corrected chi connectivity index (χ2v) is 8.51. The first-order valence-corrected chi connectivity index (χ1v) is 9.89. The van der Waals surface area contributed by atoms with E-state index in [1.807, 2.05) is 0 Å². The fourth-order valence-electron chi connectivity index (χ4n) is 3.19. The molecule has 0 saturated carbocycles. The van der Waals surface area contributed by atoms with E-state index in [0.717, 1.165) is 31.5 Å². The molecule has 0 amide bonds. The van der Waals surface area contributed by atoms with Gasteiger partial charge in [-0.05, 0) is 58.2 Å². The molecular formula is C21H26F4N4O. The number of anilines is 1. The molecule has 9 heteroatoms. The number of nitrogens with zero attached hydrogens (tertiary/aromatic N) is 3. The van der Waals surface area contributed by atoms with E-state index in [4.69, 9.17) is 4.74 Å². The van der Waals surface area contributed by atoms with Crippen molar-refractivity contribution in [1.29, 1.82) is 0 Å².